The van der Waals surface area contributed by atoms with Crippen molar-refractivity contribution in [2.24, 2.45) is 0 Å². The number of rotatable bonds is 10. The van der Waals surface area contributed by atoms with Crippen molar-refractivity contribution in [1.82, 2.24) is 5.32 Å². The molecule has 0 radical (unpaired) electrons. The molecule has 9 heteroatoms. The van der Waals surface area contributed by atoms with Crippen LogP contribution in [0.3, 0.4) is 0 Å². The van der Waals surface area contributed by atoms with Gasteiger partial charge in [0.15, 0.2) is 0 Å². The molecule has 1 amide bonds. The van der Waals surface area contributed by atoms with Gasteiger partial charge >= 0.3 is 11.9 Å². The van der Waals surface area contributed by atoms with Gasteiger partial charge in [-0.15, -0.1) is 0 Å². The number of hydrogen-bond acceptors (Lipinski definition) is 7. The number of nitro benzene ring substituents is 1. The van der Waals surface area contributed by atoms with Crippen LogP contribution in [0.4, 0.5) is 5.69 Å². The highest BCUT2D eigenvalue weighted by Crippen LogP contribution is 2.30. The fourth-order valence-corrected chi connectivity index (χ4v) is 4.01. The Hall–Kier alpha value is -4.53. The smallest absolute Gasteiger partial charge is 0.329 e. The van der Waals surface area contributed by atoms with E-state index in [0.717, 1.165) is 0 Å². The predicted octanol–water partition coefficient (Wildman–Crippen LogP) is 3.73. The van der Waals surface area contributed by atoms with Crippen LogP contribution in [0.15, 0.2) is 84.9 Å². The topological polar surface area (TPSA) is 125 Å². The van der Waals surface area contributed by atoms with Gasteiger partial charge in [-0.25, -0.2) is 4.79 Å². The van der Waals surface area contributed by atoms with E-state index in [0.29, 0.717) is 16.7 Å². The fraction of sp³-hybridized carbons (Fsp3) is 0.222. The van der Waals surface area contributed by atoms with Gasteiger partial charge < -0.3 is 14.8 Å². The van der Waals surface area contributed by atoms with Crippen molar-refractivity contribution in [2.75, 3.05) is 14.2 Å². The number of amides is 1. The standard InChI is InChI=1S/C27H26N2O7/c1-35-23(30)17-22(18-13-15-21(16-14-18)29(33)34)25(27(32)36-2)28-26(31)24(19-9-5-3-6-10-19)20-11-7-4-8-12-20/h3-16,22,24-25H,17H2,1-2H3,(H,28,31)/t22-,25+/m0/s1. The van der Waals surface area contributed by atoms with E-state index in [4.69, 9.17) is 9.47 Å². The van der Waals surface area contributed by atoms with E-state index in [-0.39, 0.29) is 12.1 Å². The number of non-ortho nitro benzene ring substituents is 1. The van der Waals surface area contributed by atoms with E-state index in [9.17, 15) is 24.5 Å². The number of nitrogens with one attached hydrogen (secondary N) is 1. The lowest BCUT2D eigenvalue weighted by atomic mass is 9.86. The minimum absolute atomic E-state index is 0.151. The van der Waals surface area contributed by atoms with Crippen molar-refractivity contribution < 1.29 is 28.8 Å². The lowest BCUT2D eigenvalue weighted by molar-refractivity contribution is -0.384. The van der Waals surface area contributed by atoms with Gasteiger partial charge in [0, 0.05) is 18.1 Å². The molecule has 0 saturated carbocycles. The number of esters is 2. The van der Waals surface area contributed by atoms with Crippen LogP contribution >= 0.6 is 0 Å². The van der Waals surface area contributed by atoms with E-state index in [1.54, 1.807) is 0 Å². The van der Waals surface area contributed by atoms with Crippen LogP contribution in [-0.2, 0) is 23.9 Å². The van der Waals surface area contributed by atoms with Crippen molar-refractivity contribution in [3.8, 4) is 0 Å². The Kier molecular flexibility index (Phi) is 8.88. The molecule has 0 aliphatic heterocycles. The first kappa shape index (κ1) is 26.1. The first-order valence-electron chi connectivity index (χ1n) is 11.1. The number of nitro groups is 1. The Balaban J connectivity index is 2.02. The van der Waals surface area contributed by atoms with Gasteiger partial charge in [0.2, 0.25) is 5.91 Å². The average Bonchev–Trinajstić information content (AvgIpc) is 2.91. The largest absolute Gasteiger partial charge is 0.469 e. The first-order chi connectivity index (χ1) is 17.3. The summed E-state index contributed by atoms with van der Waals surface area (Å²) in [6.07, 6.45) is -0.268. The molecule has 36 heavy (non-hydrogen) atoms. The molecule has 0 aliphatic carbocycles. The number of nitrogens with zero attached hydrogens (tertiary/aromatic N) is 1. The maximum atomic E-state index is 13.7. The lowest BCUT2D eigenvalue weighted by Crippen LogP contribution is -2.48. The summed E-state index contributed by atoms with van der Waals surface area (Å²) in [5.41, 5.74) is 1.70. The summed E-state index contributed by atoms with van der Waals surface area (Å²) in [5.74, 6) is -3.50. The number of methoxy groups -OCH3 is 2. The predicted molar refractivity (Wildman–Crippen MR) is 131 cm³/mol. The van der Waals surface area contributed by atoms with Gasteiger partial charge in [-0.1, -0.05) is 72.8 Å². The summed E-state index contributed by atoms with van der Waals surface area (Å²) in [7, 11) is 2.39. The SMILES string of the molecule is COC(=O)C[C@@H](c1ccc([N+](=O)[O-])cc1)[C@@H](NC(=O)C(c1ccccc1)c1ccccc1)C(=O)OC. The van der Waals surface area contributed by atoms with Crippen molar-refractivity contribution in [2.45, 2.75) is 24.3 Å². The quantitative estimate of drug-likeness (QED) is 0.261. The Labute approximate surface area is 208 Å². The van der Waals surface area contributed by atoms with Gasteiger partial charge in [0.1, 0.15) is 6.04 Å². The average molecular weight is 491 g/mol. The third kappa shape index (κ3) is 6.32. The van der Waals surface area contributed by atoms with Gasteiger partial charge in [0.25, 0.3) is 5.69 Å². The summed E-state index contributed by atoms with van der Waals surface area (Å²) in [5, 5.41) is 13.9. The minimum Gasteiger partial charge on any atom is -0.469 e. The van der Waals surface area contributed by atoms with Crippen LogP contribution in [0.25, 0.3) is 0 Å². The summed E-state index contributed by atoms with van der Waals surface area (Å²) in [6.45, 7) is 0. The summed E-state index contributed by atoms with van der Waals surface area (Å²) >= 11 is 0. The summed E-state index contributed by atoms with van der Waals surface area (Å²) < 4.78 is 9.78. The van der Waals surface area contributed by atoms with Crippen molar-refractivity contribution in [3.63, 3.8) is 0 Å². The number of carbonyl (C=O) groups excluding carboxylic acids is 3. The fourth-order valence-electron chi connectivity index (χ4n) is 4.01. The molecule has 0 spiro atoms. The van der Waals surface area contributed by atoms with E-state index in [2.05, 4.69) is 5.32 Å². The number of hydrogen-bond donors (Lipinski definition) is 1. The van der Waals surface area contributed by atoms with Gasteiger partial charge in [0.05, 0.1) is 31.5 Å². The molecule has 0 aliphatic rings. The number of benzene rings is 3. The molecule has 186 valence electrons. The zero-order valence-corrected chi connectivity index (χ0v) is 19.8. The third-order valence-electron chi connectivity index (χ3n) is 5.83. The Morgan fingerprint density at radius 3 is 1.78 bits per heavy atom. The lowest BCUT2D eigenvalue weighted by Gasteiger charge is -2.28. The van der Waals surface area contributed by atoms with Crippen LogP contribution in [-0.4, -0.2) is 43.0 Å². The van der Waals surface area contributed by atoms with Crippen LogP contribution in [0.1, 0.15) is 34.9 Å². The molecule has 9 nitrogen and oxygen atoms in total. The van der Waals surface area contributed by atoms with Crippen LogP contribution in [0.5, 0.6) is 0 Å². The molecule has 1 N–H and O–H groups in total. The molecule has 3 aromatic carbocycles. The second-order valence-electron chi connectivity index (χ2n) is 8.00. The molecule has 0 bridgehead atoms. The zero-order valence-electron chi connectivity index (χ0n) is 19.8. The van der Waals surface area contributed by atoms with E-state index in [1.165, 1.54) is 38.5 Å². The van der Waals surface area contributed by atoms with Crippen molar-refractivity contribution in [1.29, 1.82) is 0 Å². The van der Waals surface area contributed by atoms with Gasteiger partial charge in [-0.3, -0.25) is 19.7 Å². The molecule has 3 aromatic rings. The van der Waals surface area contributed by atoms with E-state index < -0.39 is 40.6 Å². The Morgan fingerprint density at radius 2 is 1.33 bits per heavy atom. The zero-order chi connectivity index (χ0) is 26.1. The highest BCUT2D eigenvalue weighted by Gasteiger charge is 2.36. The molecular weight excluding hydrogens is 464 g/mol. The molecule has 0 heterocycles. The van der Waals surface area contributed by atoms with Gasteiger partial charge in [-0.2, -0.15) is 0 Å². The number of carbonyl (C=O) groups is 3. The van der Waals surface area contributed by atoms with E-state index in [1.807, 2.05) is 60.7 Å². The molecule has 0 saturated heterocycles. The van der Waals surface area contributed by atoms with Crippen molar-refractivity contribution in [3.05, 3.63) is 112 Å². The first-order valence-corrected chi connectivity index (χ1v) is 11.1. The molecule has 0 fully saturated rings. The van der Waals surface area contributed by atoms with Crippen molar-refractivity contribution >= 4 is 23.5 Å². The third-order valence-corrected chi connectivity index (χ3v) is 5.83. The highest BCUT2D eigenvalue weighted by atomic mass is 16.6. The summed E-state index contributed by atoms with van der Waals surface area (Å²) in [4.78, 5) is 49.4. The van der Waals surface area contributed by atoms with Crippen LogP contribution in [0, 0.1) is 10.1 Å². The molecule has 0 unspecified atom stereocenters. The molecule has 2 atom stereocenters. The van der Waals surface area contributed by atoms with E-state index >= 15 is 0 Å². The summed E-state index contributed by atoms with van der Waals surface area (Å²) in [6, 6.07) is 22.3. The van der Waals surface area contributed by atoms with Crippen LogP contribution in [0.2, 0.25) is 0 Å². The minimum atomic E-state index is -1.27. The molecular formula is C27H26N2O7. The maximum absolute atomic E-state index is 13.7. The molecule has 0 aromatic heterocycles. The second kappa shape index (κ2) is 12.3. The number of ether oxygens (including phenoxy) is 2. The van der Waals surface area contributed by atoms with Crippen LogP contribution < -0.4 is 5.32 Å². The maximum Gasteiger partial charge on any atom is 0.329 e. The second-order valence-corrected chi connectivity index (χ2v) is 8.00. The highest BCUT2D eigenvalue weighted by molar-refractivity contribution is 5.92. The Bertz CT molecular complexity index is 1160. The molecule has 3 rings (SSSR count). The Morgan fingerprint density at radius 1 is 0.806 bits per heavy atom. The van der Waals surface area contributed by atoms with Gasteiger partial charge in [-0.05, 0) is 16.7 Å². The normalized spacial score (nSPS) is 12.3. The monoisotopic (exact) mass is 490 g/mol.